The fraction of sp³-hybridized carbons (Fsp3) is 0.556. The van der Waals surface area contributed by atoms with Crippen LogP contribution in [0.15, 0.2) is 33.7 Å². The van der Waals surface area contributed by atoms with Gasteiger partial charge in [-0.25, -0.2) is 13.1 Å². The minimum absolute atomic E-state index is 0.0128. The van der Waals surface area contributed by atoms with E-state index in [1.54, 1.807) is 12.1 Å². The number of halogens is 1. The molecule has 3 rings (SSSR count). The summed E-state index contributed by atoms with van der Waals surface area (Å²) >= 11 is 5.83. The fourth-order valence-electron chi connectivity index (χ4n) is 3.11. The maximum atomic E-state index is 12.5. The fourth-order valence-corrected chi connectivity index (χ4v) is 4.54. The van der Waals surface area contributed by atoms with E-state index in [2.05, 4.69) is 19.8 Å². The number of sulfonamides is 1. The van der Waals surface area contributed by atoms with Gasteiger partial charge in [0.1, 0.15) is 0 Å². The van der Waals surface area contributed by atoms with Crippen molar-refractivity contribution < 1.29 is 12.9 Å². The van der Waals surface area contributed by atoms with Crippen molar-refractivity contribution in [1.29, 1.82) is 0 Å². The van der Waals surface area contributed by atoms with Gasteiger partial charge in [0.2, 0.25) is 15.9 Å². The highest BCUT2D eigenvalue weighted by molar-refractivity contribution is 7.89. The van der Waals surface area contributed by atoms with Gasteiger partial charge in [0, 0.05) is 30.1 Å². The van der Waals surface area contributed by atoms with Crippen LogP contribution in [-0.2, 0) is 10.0 Å². The van der Waals surface area contributed by atoms with Gasteiger partial charge >= 0.3 is 0 Å². The molecule has 2 aromatic rings. The number of hydrogen-bond donors (Lipinski definition) is 1. The average molecular weight is 413 g/mol. The minimum atomic E-state index is -3.54. The van der Waals surface area contributed by atoms with Gasteiger partial charge < -0.3 is 4.52 Å². The van der Waals surface area contributed by atoms with E-state index in [1.807, 2.05) is 20.8 Å². The smallest absolute Gasteiger partial charge is 0.243 e. The predicted octanol–water partition coefficient (Wildman–Crippen LogP) is 3.35. The van der Waals surface area contributed by atoms with Crippen LogP contribution in [0.4, 0.5) is 0 Å². The van der Waals surface area contributed by atoms with Gasteiger partial charge in [0.25, 0.3) is 0 Å². The molecule has 1 aliphatic heterocycles. The van der Waals surface area contributed by atoms with Crippen LogP contribution in [0, 0.1) is 0 Å². The number of piperidine rings is 1. The van der Waals surface area contributed by atoms with Crippen molar-refractivity contribution in [3.8, 4) is 0 Å². The normalized spacial score (nSPS) is 18.1. The molecule has 0 saturated carbocycles. The number of nitrogens with one attached hydrogen (secondary N) is 1. The first kappa shape index (κ1) is 20.3. The third-order valence-electron chi connectivity index (χ3n) is 4.85. The molecule has 1 unspecified atom stereocenters. The van der Waals surface area contributed by atoms with Gasteiger partial charge in [0.15, 0.2) is 5.82 Å². The Morgan fingerprint density at radius 3 is 2.37 bits per heavy atom. The van der Waals surface area contributed by atoms with Crippen LogP contribution in [-0.4, -0.2) is 42.6 Å². The summed E-state index contributed by atoms with van der Waals surface area (Å²) in [5.41, 5.74) is 0. The van der Waals surface area contributed by atoms with E-state index < -0.39 is 10.0 Å². The Morgan fingerprint density at radius 2 is 1.81 bits per heavy atom. The Balaban J connectivity index is 1.57. The lowest BCUT2D eigenvalue weighted by Crippen LogP contribution is -2.45. The van der Waals surface area contributed by atoms with Gasteiger partial charge in [-0.3, -0.25) is 4.90 Å². The van der Waals surface area contributed by atoms with E-state index in [1.165, 1.54) is 12.1 Å². The zero-order valence-corrected chi connectivity index (χ0v) is 17.3. The van der Waals surface area contributed by atoms with E-state index in [9.17, 15) is 8.42 Å². The van der Waals surface area contributed by atoms with Crippen LogP contribution < -0.4 is 4.72 Å². The highest BCUT2D eigenvalue weighted by Gasteiger charge is 2.29. The first-order valence-electron chi connectivity index (χ1n) is 9.11. The molecule has 27 heavy (non-hydrogen) atoms. The number of benzene rings is 1. The average Bonchev–Trinajstić information content (AvgIpc) is 3.12. The summed E-state index contributed by atoms with van der Waals surface area (Å²) in [6, 6.07) is 6.11. The maximum absolute atomic E-state index is 12.5. The molecule has 1 atom stereocenters. The second kappa shape index (κ2) is 8.26. The van der Waals surface area contributed by atoms with E-state index >= 15 is 0 Å². The maximum Gasteiger partial charge on any atom is 0.243 e. The van der Waals surface area contributed by atoms with Crippen molar-refractivity contribution in [3.05, 3.63) is 41.0 Å². The van der Waals surface area contributed by atoms with Crippen LogP contribution in [0.5, 0.6) is 0 Å². The van der Waals surface area contributed by atoms with Gasteiger partial charge in [-0.05, 0) is 44.0 Å². The molecule has 7 nitrogen and oxygen atoms in total. The number of aromatic nitrogens is 2. The number of likely N-dealkylation sites (tertiary alicyclic amines) is 1. The number of rotatable bonds is 6. The molecule has 0 bridgehead atoms. The second-order valence-corrected chi connectivity index (χ2v) is 9.36. The second-order valence-electron chi connectivity index (χ2n) is 7.21. The van der Waals surface area contributed by atoms with Crippen LogP contribution in [0.25, 0.3) is 0 Å². The Labute approximate surface area is 165 Å². The Kier molecular flexibility index (Phi) is 6.20. The van der Waals surface area contributed by atoms with E-state index in [4.69, 9.17) is 16.1 Å². The largest absolute Gasteiger partial charge is 0.338 e. The van der Waals surface area contributed by atoms with Crippen LogP contribution in [0.3, 0.4) is 0 Å². The van der Waals surface area contributed by atoms with Crippen molar-refractivity contribution >= 4 is 21.6 Å². The zero-order valence-electron chi connectivity index (χ0n) is 15.7. The predicted molar refractivity (Wildman–Crippen MR) is 103 cm³/mol. The van der Waals surface area contributed by atoms with Crippen LogP contribution in [0.1, 0.15) is 57.3 Å². The molecule has 0 spiro atoms. The molecule has 2 heterocycles. The number of nitrogens with zero attached hydrogens (tertiary/aromatic N) is 3. The molecule has 9 heteroatoms. The van der Waals surface area contributed by atoms with E-state index in [0.717, 1.165) is 25.9 Å². The monoisotopic (exact) mass is 412 g/mol. The Morgan fingerprint density at radius 1 is 1.19 bits per heavy atom. The first-order chi connectivity index (χ1) is 12.8. The summed E-state index contributed by atoms with van der Waals surface area (Å²) in [7, 11) is -3.54. The molecule has 1 aromatic heterocycles. The summed E-state index contributed by atoms with van der Waals surface area (Å²) in [6.07, 6.45) is 1.45. The van der Waals surface area contributed by atoms with Gasteiger partial charge in [-0.1, -0.05) is 30.6 Å². The zero-order chi connectivity index (χ0) is 19.6. The standard InChI is InChI=1S/C18H25ClN4O3S/c1-12(2)17-20-18(26-21-17)13(3)23-10-8-15(9-11-23)22-27(24,25)16-6-4-14(19)5-7-16/h4-7,12-13,15,22H,8-11H2,1-3H3. The molecular weight excluding hydrogens is 388 g/mol. The number of hydrogen-bond acceptors (Lipinski definition) is 6. The highest BCUT2D eigenvalue weighted by Crippen LogP contribution is 2.25. The van der Waals surface area contributed by atoms with Crippen molar-refractivity contribution in [1.82, 2.24) is 19.8 Å². The van der Waals surface area contributed by atoms with Crippen LogP contribution in [0.2, 0.25) is 5.02 Å². The minimum Gasteiger partial charge on any atom is -0.338 e. The first-order valence-corrected chi connectivity index (χ1v) is 11.0. The molecule has 1 aliphatic rings. The molecule has 0 aliphatic carbocycles. The SMILES string of the molecule is CC(C)c1noc(C(C)N2CCC(NS(=O)(=O)c3ccc(Cl)cc3)CC2)n1. The van der Waals surface area contributed by atoms with Gasteiger partial charge in [-0.15, -0.1) is 0 Å². The molecule has 1 N–H and O–H groups in total. The molecule has 0 amide bonds. The summed E-state index contributed by atoms with van der Waals surface area (Å²) < 4.78 is 33.2. The third kappa shape index (κ3) is 4.87. The van der Waals surface area contributed by atoms with Crippen molar-refractivity contribution in [3.63, 3.8) is 0 Å². The molecular formula is C18H25ClN4O3S. The lowest BCUT2D eigenvalue weighted by molar-refractivity contribution is 0.134. The third-order valence-corrected chi connectivity index (χ3v) is 6.64. The van der Waals surface area contributed by atoms with E-state index in [0.29, 0.717) is 16.7 Å². The summed E-state index contributed by atoms with van der Waals surface area (Å²) in [6.45, 7) is 7.60. The topological polar surface area (TPSA) is 88.3 Å². The molecule has 1 aromatic carbocycles. The lowest BCUT2D eigenvalue weighted by atomic mass is 10.0. The quantitative estimate of drug-likeness (QED) is 0.782. The van der Waals surface area contributed by atoms with Gasteiger partial charge in [-0.2, -0.15) is 4.98 Å². The summed E-state index contributed by atoms with van der Waals surface area (Å²) in [5.74, 6) is 1.55. The molecule has 1 saturated heterocycles. The summed E-state index contributed by atoms with van der Waals surface area (Å²) in [4.78, 5) is 6.94. The van der Waals surface area contributed by atoms with Crippen LogP contribution >= 0.6 is 11.6 Å². The highest BCUT2D eigenvalue weighted by atomic mass is 35.5. The van der Waals surface area contributed by atoms with Crippen molar-refractivity contribution in [2.45, 2.75) is 56.5 Å². The van der Waals surface area contributed by atoms with Gasteiger partial charge in [0.05, 0.1) is 10.9 Å². The van der Waals surface area contributed by atoms with Crippen molar-refractivity contribution in [2.24, 2.45) is 0 Å². The lowest BCUT2D eigenvalue weighted by Gasteiger charge is -2.34. The van der Waals surface area contributed by atoms with Crippen molar-refractivity contribution in [2.75, 3.05) is 13.1 Å². The molecule has 0 radical (unpaired) electrons. The Bertz CT molecular complexity index is 859. The Hall–Kier alpha value is -1.48. The summed E-state index contributed by atoms with van der Waals surface area (Å²) in [5, 5.41) is 4.53. The van der Waals surface area contributed by atoms with E-state index in [-0.39, 0.29) is 22.9 Å². The molecule has 1 fully saturated rings. The molecule has 148 valence electrons.